The van der Waals surface area contributed by atoms with Crippen LogP contribution in [-0.4, -0.2) is 39.1 Å². The van der Waals surface area contributed by atoms with Gasteiger partial charge in [-0.15, -0.1) is 0 Å². The molecule has 0 aliphatic rings. The number of carbonyl (C=O) groups is 2. The van der Waals surface area contributed by atoms with Crippen molar-refractivity contribution in [3.8, 4) is 11.5 Å². The van der Waals surface area contributed by atoms with Crippen LogP contribution in [0.5, 0.6) is 11.5 Å². The molecule has 0 aliphatic carbocycles. The Kier molecular flexibility index (Phi) is 6.65. The summed E-state index contributed by atoms with van der Waals surface area (Å²) in [6.45, 7) is 0.550. The largest absolute Gasteiger partial charge is 0.497 e. The first kappa shape index (κ1) is 18.6. The SMILES string of the molecule is COc1cccc(C(=O)NCCNC(=O)c2cc(Cl)ccc2OC)c1. The summed E-state index contributed by atoms with van der Waals surface area (Å²) in [5.41, 5.74) is 0.830. The molecule has 0 bridgehead atoms. The zero-order chi connectivity index (χ0) is 18.2. The standard InChI is InChI=1S/C18H19ClN2O4/c1-24-14-5-3-4-12(10-14)17(22)20-8-9-21-18(23)15-11-13(19)6-7-16(15)25-2/h3-7,10-11H,8-9H2,1-2H3,(H,20,22)(H,21,23). The van der Waals surface area contributed by atoms with E-state index in [-0.39, 0.29) is 24.9 Å². The number of rotatable bonds is 7. The highest BCUT2D eigenvalue weighted by Gasteiger charge is 2.12. The fraction of sp³-hybridized carbons (Fsp3) is 0.222. The molecule has 0 radical (unpaired) electrons. The summed E-state index contributed by atoms with van der Waals surface area (Å²) in [4.78, 5) is 24.3. The zero-order valence-electron chi connectivity index (χ0n) is 14.0. The number of amides is 2. The summed E-state index contributed by atoms with van der Waals surface area (Å²) in [5.74, 6) is 0.472. The van der Waals surface area contributed by atoms with Gasteiger partial charge in [-0.05, 0) is 36.4 Å². The molecule has 2 aromatic rings. The van der Waals surface area contributed by atoms with E-state index in [1.54, 1.807) is 36.4 Å². The van der Waals surface area contributed by atoms with Crippen molar-refractivity contribution in [3.63, 3.8) is 0 Å². The van der Waals surface area contributed by atoms with E-state index in [4.69, 9.17) is 21.1 Å². The summed E-state index contributed by atoms with van der Waals surface area (Å²) in [7, 11) is 3.02. The normalized spacial score (nSPS) is 10.0. The molecule has 0 saturated heterocycles. The molecule has 132 valence electrons. The molecule has 0 atom stereocenters. The van der Waals surface area contributed by atoms with Crippen LogP contribution < -0.4 is 20.1 Å². The molecule has 2 aromatic carbocycles. The summed E-state index contributed by atoms with van der Waals surface area (Å²) >= 11 is 5.91. The number of halogens is 1. The molecule has 6 nitrogen and oxygen atoms in total. The van der Waals surface area contributed by atoms with Gasteiger partial charge in [0.05, 0.1) is 19.8 Å². The Morgan fingerprint density at radius 1 is 0.960 bits per heavy atom. The summed E-state index contributed by atoms with van der Waals surface area (Å²) < 4.78 is 10.2. The van der Waals surface area contributed by atoms with Crippen molar-refractivity contribution in [2.45, 2.75) is 0 Å². The van der Waals surface area contributed by atoms with Crippen molar-refractivity contribution in [2.75, 3.05) is 27.3 Å². The molecular formula is C18H19ClN2O4. The lowest BCUT2D eigenvalue weighted by Crippen LogP contribution is -2.34. The number of nitrogens with one attached hydrogen (secondary N) is 2. The maximum absolute atomic E-state index is 12.2. The van der Waals surface area contributed by atoms with E-state index in [1.807, 2.05) is 0 Å². The third kappa shape index (κ3) is 5.12. The van der Waals surface area contributed by atoms with Crippen molar-refractivity contribution >= 4 is 23.4 Å². The van der Waals surface area contributed by atoms with Gasteiger partial charge in [-0.2, -0.15) is 0 Å². The number of carbonyl (C=O) groups excluding carboxylic acids is 2. The van der Waals surface area contributed by atoms with Crippen LogP contribution in [-0.2, 0) is 0 Å². The Hall–Kier alpha value is -2.73. The van der Waals surface area contributed by atoms with E-state index >= 15 is 0 Å². The van der Waals surface area contributed by atoms with Crippen LogP contribution in [0.25, 0.3) is 0 Å². The third-order valence-electron chi connectivity index (χ3n) is 3.43. The summed E-state index contributed by atoms with van der Waals surface area (Å²) in [5, 5.41) is 5.89. The van der Waals surface area contributed by atoms with Crippen LogP contribution in [0.1, 0.15) is 20.7 Å². The van der Waals surface area contributed by atoms with E-state index in [9.17, 15) is 9.59 Å². The fourth-order valence-corrected chi connectivity index (χ4v) is 2.34. The highest BCUT2D eigenvalue weighted by Crippen LogP contribution is 2.22. The van der Waals surface area contributed by atoms with Crippen molar-refractivity contribution in [1.82, 2.24) is 10.6 Å². The average molecular weight is 363 g/mol. The van der Waals surface area contributed by atoms with Gasteiger partial charge in [-0.3, -0.25) is 9.59 Å². The van der Waals surface area contributed by atoms with E-state index in [1.165, 1.54) is 20.3 Å². The second-order valence-electron chi connectivity index (χ2n) is 5.09. The Morgan fingerprint density at radius 2 is 1.68 bits per heavy atom. The highest BCUT2D eigenvalue weighted by molar-refractivity contribution is 6.31. The highest BCUT2D eigenvalue weighted by atomic mass is 35.5. The maximum Gasteiger partial charge on any atom is 0.255 e. The molecule has 0 aliphatic heterocycles. The number of methoxy groups -OCH3 is 2. The van der Waals surface area contributed by atoms with Gasteiger partial charge in [0.25, 0.3) is 11.8 Å². The predicted octanol–water partition coefficient (Wildman–Crippen LogP) is 2.52. The van der Waals surface area contributed by atoms with Crippen LogP contribution in [0.3, 0.4) is 0 Å². The van der Waals surface area contributed by atoms with Gasteiger partial charge in [0.15, 0.2) is 0 Å². The minimum atomic E-state index is -0.324. The van der Waals surface area contributed by atoms with Gasteiger partial charge in [0.2, 0.25) is 0 Å². The average Bonchev–Trinajstić information content (AvgIpc) is 2.64. The number of hydrogen-bond acceptors (Lipinski definition) is 4. The second kappa shape index (κ2) is 8.94. The van der Waals surface area contributed by atoms with E-state index < -0.39 is 0 Å². The first-order valence-corrected chi connectivity index (χ1v) is 7.97. The molecule has 7 heteroatoms. The Labute approximate surface area is 151 Å². The molecule has 0 heterocycles. The molecule has 0 fully saturated rings. The van der Waals surface area contributed by atoms with Crippen LogP contribution in [0.2, 0.25) is 5.02 Å². The summed E-state index contributed by atoms with van der Waals surface area (Å²) in [6, 6.07) is 11.6. The third-order valence-corrected chi connectivity index (χ3v) is 3.67. The lowest BCUT2D eigenvalue weighted by molar-refractivity contribution is 0.0926. The molecule has 2 N–H and O–H groups in total. The quantitative estimate of drug-likeness (QED) is 0.742. The van der Waals surface area contributed by atoms with E-state index in [0.717, 1.165) is 0 Å². The van der Waals surface area contributed by atoms with Crippen LogP contribution in [0.4, 0.5) is 0 Å². The van der Waals surface area contributed by atoms with Gasteiger partial charge < -0.3 is 20.1 Å². The van der Waals surface area contributed by atoms with Gasteiger partial charge in [-0.1, -0.05) is 17.7 Å². The molecule has 0 saturated carbocycles. The molecule has 0 unspecified atom stereocenters. The molecule has 2 rings (SSSR count). The maximum atomic E-state index is 12.2. The molecule has 0 spiro atoms. The topological polar surface area (TPSA) is 76.7 Å². The minimum absolute atomic E-state index is 0.242. The van der Waals surface area contributed by atoms with E-state index in [2.05, 4.69) is 10.6 Å². The monoisotopic (exact) mass is 362 g/mol. The number of hydrogen-bond donors (Lipinski definition) is 2. The predicted molar refractivity (Wildman–Crippen MR) is 95.7 cm³/mol. The molecular weight excluding hydrogens is 344 g/mol. The van der Waals surface area contributed by atoms with Crippen molar-refractivity contribution < 1.29 is 19.1 Å². The minimum Gasteiger partial charge on any atom is -0.497 e. The molecule has 0 aromatic heterocycles. The first-order chi connectivity index (χ1) is 12.0. The van der Waals surface area contributed by atoms with Gasteiger partial charge in [0.1, 0.15) is 11.5 Å². The fourth-order valence-electron chi connectivity index (χ4n) is 2.17. The lowest BCUT2D eigenvalue weighted by atomic mass is 10.2. The molecule has 25 heavy (non-hydrogen) atoms. The first-order valence-electron chi connectivity index (χ1n) is 7.59. The Balaban J connectivity index is 1.85. The van der Waals surface area contributed by atoms with Crippen LogP contribution >= 0.6 is 11.6 Å². The number of ether oxygens (including phenoxy) is 2. The zero-order valence-corrected chi connectivity index (χ0v) is 14.7. The molecule has 2 amide bonds. The van der Waals surface area contributed by atoms with Crippen molar-refractivity contribution in [3.05, 3.63) is 58.6 Å². The van der Waals surface area contributed by atoms with Crippen LogP contribution in [0, 0.1) is 0 Å². The van der Waals surface area contributed by atoms with Gasteiger partial charge in [-0.25, -0.2) is 0 Å². The lowest BCUT2D eigenvalue weighted by Gasteiger charge is -2.10. The van der Waals surface area contributed by atoms with E-state index in [0.29, 0.717) is 27.6 Å². The van der Waals surface area contributed by atoms with Crippen molar-refractivity contribution in [2.24, 2.45) is 0 Å². The number of benzene rings is 2. The van der Waals surface area contributed by atoms with Gasteiger partial charge >= 0.3 is 0 Å². The van der Waals surface area contributed by atoms with Crippen molar-refractivity contribution in [1.29, 1.82) is 0 Å². The Morgan fingerprint density at radius 3 is 2.36 bits per heavy atom. The smallest absolute Gasteiger partial charge is 0.255 e. The Bertz CT molecular complexity index is 764. The van der Waals surface area contributed by atoms with Gasteiger partial charge in [0, 0.05) is 23.7 Å². The second-order valence-corrected chi connectivity index (χ2v) is 5.52. The van der Waals surface area contributed by atoms with Crippen LogP contribution in [0.15, 0.2) is 42.5 Å². The summed E-state index contributed by atoms with van der Waals surface area (Å²) in [6.07, 6.45) is 0.